The van der Waals surface area contributed by atoms with Crippen molar-refractivity contribution in [3.8, 4) is 22.5 Å². The molecule has 3 aliphatic carbocycles. The summed E-state index contributed by atoms with van der Waals surface area (Å²) in [5.74, 6) is -3.14. The van der Waals surface area contributed by atoms with Gasteiger partial charge in [0.1, 0.15) is 17.2 Å². The number of rotatable bonds is 6. The molecule has 4 aromatic heterocycles. The van der Waals surface area contributed by atoms with E-state index in [0.717, 1.165) is 36.2 Å². The lowest BCUT2D eigenvalue weighted by atomic mass is 9.39. The minimum atomic E-state index is -2.58. The first-order valence-corrected chi connectivity index (χ1v) is 13.8. The second kappa shape index (κ2) is 8.31. The molecule has 9 nitrogen and oxygen atoms in total. The number of benzene rings is 1. The van der Waals surface area contributed by atoms with Crippen LogP contribution in [-0.2, 0) is 0 Å². The highest BCUT2D eigenvalue weighted by Gasteiger charge is 2.69. The summed E-state index contributed by atoms with van der Waals surface area (Å²) < 4.78 is 44.0. The van der Waals surface area contributed by atoms with Gasteiger partial charge in [-0.05, 0) is 68.0 Å². The molecule has 42 heavy (non-hydrogen) atoms. The molecule has 3 N–H and O–H groups in total. The van der Waals surface area contributed by atoms with Crippen LogP contribution in [0, 0.1) is 18.2 Å². The van der Waals surface area contributed by atoms with Gasteiger partial charge in [0.25, 0.3) is 11.8 Å². The molecule has 4 aliphatic rings. The van der Waals surface area contributed by atoms with E-state index in [2.05, 4.69) is 20.3 Å². The van der Waals surface area contributed by atoms with Crippen molar-refractivity contribution in [3.05, 3.63) is 72.2 Å². The Kier molecular flexibility index (Phi) is 5.00. The number of carbonyl (C=O) groups excluding carboxylic acids is 1. The van der Waals surface area contributed by atoms with Crippen LogP contribution in [0.15, 0.2) is 55.0 Å². The molecule has 12 heteroatoms. The van der Waals surface area contributed by atoms with Crippen LogP contribution in [0.3, 0.4) is 0 Å². The van der Waals surface area contributed by atoms with Gasteiger partial charge >= 0.3 is 0 Å². The Morgan fingerprint density at radius 3 is 2.43 bits per heavy atom. The number of nitrogen functional groups attached to an aromatic ring is 1. The number of aromatic nitrogens is 5. The fourth-order valence-electron chi connectivity index (χ4n) is 7.30. The molecule has 0 unspecified atom stereocenters. The largest absolute Gasteiger partial charge is 0.381 e. The van der Waals surface area contributed by atoms with Crippen LogP contribution in [0.1, 0.15) is 35.4 Å². The van der Waals surface area contributed by atoms with Gasteiger partial charge in [-0.3, -0.25) is 14.1 Å². The fraction of sp³-hybridized carbons (Fsp3) is 0.333. The summed E-state index contributed by atoms with van der Waals surface area (Å²) in [5.41, 5.74) is 10.9. The maximum atomic E-state index is 13.8. The average molecular weight is 573 g/mol. The Bertz CT molecular complexity index is 1900. The zero-order chi connectivity index (χ0) is 29.0. The molecule has 1 aliphatic heterocycles. The van der Waals surface area contributed by atoms with Crippen molar-refractivity contribution in [2.75, 3.05) is 25.4 Å². The summed E-state index contributed by atoms with van der Waals surface area (Å²) in [5, 5.41) is 3.15. The predicted molar refractivity (Wildman–Crippen MR) is 150 cm³/mol. The molecule has 214 valence electrons. The highest BCUT2D eigenvalue weighted by Crippen LogP contribution is 2.67. The predicted octanol–water partition coefficient (Wildman–Crippen LogP) is 4.34. The van der Waals surface area contributed by atoms with Gasteiger partial charge in [0.2, 0.25) is 0 Å². The van der Waals surface area contributed by atoms with Gasteiger partial charge in [-0.15, -0.1) is 0 Å². The zero-order valence-corrected chi connectivity index (χ0v) is 22.7. The van der Waals surface area contributed by atoms with Crippen molar-refractivity contribution in [2.24, 2.45) is 5.41 Å². The highest BCUT2D eigenvalue weighted by atomic mass is 19.3. The zero-order valence-electron chi connectivity index (χ0n) is 22.7. The van der Waals surface area contributed by atoms with E-state index >= 15 is 0 Å². The Morgan fingerprint density at radius 1 is 1.00 bits per heavy atom. The molecule has 5 heterocycles. The van der Waals surface area contributed by atoms with Gasteiger partial charge in [0.05, 0.1) is 24.5 Å². The van der Waals surface area contributed by atoms with Gasteiger partial charge in [0.15, 0.2) is 11.5 Å². The van der Waals surface area contributed by atoms with Crippen molar-refractivity contribution in [1.82, 2.24) is 34.0 Å². The molecule has 1 saturated heterocycles. The summed E-state index contributed by atoms with van der Waals surface area (Å²) >= 11 is 0. The first kappa shape index (κ1) is 25.3. The maximum Gasteiger partial charge on any atom is 0.272 e. The third-order valence-corrected chi connectivity index (χ3v) is 8.93. The van der Waals surface area contributed by atoms with Crippen molar-refractivity contribution in [3.63, 3.8) is 0 Å². The van der Waals surface area contributed by atoms with Gasteiger partial charge in [0, 0.05) is 47.5 Å². The molecule has 9 rings (SSSR count). The lowest BCUT2D eigenvalue weighted by molar-refractivity contribution is -0.202. The number of likely N-dealkylation sites (tertiary alicyclic amines) is 1. The first-order chi connectivity index (χ1) is 20.0. The van der Waals surface area contributed by atoms with Crippen LogP contribution in [0.4, 0.5) is 19.0 Å². The monoisotopic (exact) mass is 572 g/mol. The number of nitrogens with two attached hydrogens (primary N) is 1. The molecule has 0 radical (unpaired) electrons. The Hall–Kier alpha value is -4.45. The van der Waals surface area contributed by atoms with E-state index in [1.807, 2.05) is 29.7 Å². The molecule has 3 saturated carbocycles. The summed E-state index contributed by atoms with van der Waals surface area (Å²) in [6.45, 7) is 2.24. The maximum absolute atomic E-state index is 13.8. The van der Waals surface area contributed by atoms with E-state index in [9.17, 15) is 18.0 Å². The summed E-state index contributed by atoms with van der Waals surface area (Å²) in [6.07, 6.45) is 7.69. The molecule has 5 aromatic rings. The van der Waals surface area contributed by atoms with E-state index in [-0.39, 0.29) is 47.3 Å². The number of amides is 1. The second-order valence-corrected chi connectivity index (χ2v) is 12.3. The first-order valence-electron chi connectivity index (χ1n) is 13.8. The number of anilines is 1. The number of alkyl halides is 2. The van der Waals surface area contributed by atoms with Gasteiger partial charge in [-0.2, -0.15) is 0 Å². The van der Waals surface area contributed by atoms with Gasteiger partial charge < -0.3 is 15.5 Å². The molecule has 0 spiro atoms. The lowest BCUT2D eigenvalue weighted by Gasteiger charge is -2.72. The third kappa shape index (κ3) is 3.81. The number of aryl methyl sites for hydroxylation is 1. The molecular formula is C30H27F3N8O. The number of fused-ring (bicyclic) bond motifs is 2. The molecule has 4 fully saturated rings. The number of pyridine rings is 1. The summed E-state index contributed by atoms with van der Waals surface area (Å²) in [4.78, 5) is 28.9. The summed E-state index contributed by atoms with van der Waals surface area (Å²) in [6, 6.07) is 9.80. The van der Waals surface area contributed by atoms with Crippen LogP contribution in [-0.4, -0.2) is 65.7 Å². The average Bonchev–Trinajstić information content (AvgIpc) is 3.50. The topological polar surface area (TPSA) is 106 Å². The number of nitrogens with one attached hydrogen (secondary N) is 1. The van der Waals surface area contributed by atoms with Crippen LogP contribution in [0.2, 0.25) is 0 Å². The van der Waals surface area contributed by atoms with E-state index in [1.54, 1.807) is 33.8 Å². The van der Waals surface area contributed by atoms with Crippen LogP contribution < -0.4 is 11.1 Å². The molecule has 1 amide bonds. The number of halogens is 3. The Morgan fingerprint density at radius 2 is 1.71 bits per heavy atom. The minimum Gasteiger partial charge on any atom is -0.381 e. The fourth-order valence-corrected chi connectivity index (χ4v) is 7.30. The van der Waals surface area contributed by atoms with Crippen molar-refractivity contribution < 1.29 is 18.0 Å². The highest BCUT2D eigenvalue weighted by molar-refractivity contribution is 5.95. The minimum absolute atomic E-state index is 0.0123. The van der Waals surface area contributed by atoms with Crippen molar-refractivity contribution in [1.29, 1.82) is 0 Å². The smallest absolute Gasteiger partial charge is 0.272 e. The number of carbonyl (C=O) groups is 1. The summed E-state index contributed by atoms with van der Waals surface area (Å²) in [7, 11) is 0. The van der Waals surface area contributed by atoms with E-state index in [4.69, 9.17) is 5.73 Å². The number of nitrogens with zero attached hydrogens (tertiary/aromatic N) is 6. The Balaban J connectivity index is 1.14. The van der Waals surface area contributed by atoms with Gasteiger partial charge in [-0.1, -0.05) is 0 Å². The number of imidazole rings is 2. The van der Waals surface area contributed by atoms with E-state index in [0.29, 0.717) is 29.1 Å². The SMILES string of the molecule is Cc1cnc2ccc(-c3c(-c4ccc(F)cc4)nc(N)c4nc(C(=O)NC56CC(CN7CC(F)(F)C7)(C5)C6)cn34)cn12. The normalized spacial score (nSPS) is 24.3. The second-order valence-electron chi connectivity index (χ2n) is 12.3. The Labute approximate surface area is 238 Å². The van der Waals surface area contributed by atoms with Crippen LogP contribution >= 0.6 is 0 Å². The quantitative estimate of drug-likeness (QED) is 0.314. The molecule has 2 bridgehead atoms. The van der Waals surface area contributed by atoms with Crippen molar-refractivity contribution >= 4 is 23.0 Å². The standard InChI is InChI=1S/C30H27F3N8O/c1-17-8-35-22-7-4-19(9-40(17)22)24-23(18-2-5-20(31)6-3-18)37-25(34)26-36-21(10-41(24)26)27(42)38-29-11-28(12-29,13-29)14-39-15-30(32,33)16-39/h2-10H,11-16H2,1H3,(H2,34,37)(H,38,42). The van der Waals surface area contributed by atoms with Crippen LogP contribution in [0.25, 0.3) is 33.8 Å². The van der Waals surface area contributed by atoms with E-state index in [1.165, 1.54) is 12.1 Å². The van der Waals surface area contributed by atoms with E-state index < -0.39 is 5.92 Å². The van der Waals surface area contributed by atoms with Crippen LogP contribution in [0.5, 0.6) is 0 Å². The molecule has 1 aromatic carbocycles. The molecule has 0 atom stereocenters. The molecular weight excluding hydrogens is 545 g/mol. The van der Waals surface area contributed by atoms with Crippen molar-refractivity contribution in [2.45, 2.75) is 37.6 Å². The number of hydrogen-bond donors (Lipinski definition) is 2. The number of hydrogen-bond acceptors (Lipinski definition) is 6. The third-order valence-electron chi connectivity index (χ3n) is 8.93. The van der Waals surface area contributed by atoms with Gasteiger partial charge in [-0.25, -0.2) is 28.1 Å². The lowest BCUT2D eigenvalue weighted by Crippen LogP contribution is -2.78.